The first-order chi connectivity index (χ1) is 8.61. The molecule has 0 amide bonds. The van der Waals surface area contributed by atoms with Crippen LogP contribution in [0.4, 0.5) is 0 Å². The first kappa shape index (κ1) is 14.3. The van der Waals surface area contributed by atoms with E-state index >= 15 is 0 Å². The lowest BCUT2D eigenvalue weighted by Crippen LogP contribution is -2.61. The lowest BCUT2D eigenvalue weighted by molar-refractivity contribution is 0.0404. The highest BCUT2D eigenvalue weighted by molar-refractivity contribution is 4.92. The normalized spacial score (nSPS) is 39.2. The molecule has 18 heavy (non-hydrogen) atoms. The third-order valence-electron chi connectivity index (χ3n) is 5.15. The molecule has 0 spiro atoms. The molecular weight excluding hydrogens is 220 g/mol. The molecule has 2 heteroatoms. The van der Waals surface area contributed by atoms with Crippen LogP contribution in [0.25, 0.3) is 0 Å². The van der Waals surface area contributed by atoms with Crippen LogP contribution in [0.3, 0.4) is 0 Å². The minimum Gasteiger partial charge on any atom is -0.311 e. The van der Waals surface area contributed by atoms with E-state index in [4.69, 9.17) is 0 Å². The summed E-state index contributed by atoms with van der Waals surface area (Å²) in [5.74, 6) is 1.69. The lowest BCUT2D eigenvalue weighted by Gasteiger charge is -2.47. The Hall–Kier alpha value is -0.0800. The van der Waals surface area contributed by atoms with Gasteiger partial charge in [0.25, 0.3) is 0 Å². The predicted molar refractivity (Wildman–Crippen MR) is 78.8 cm³/mol. The largest absolute Gasteiger partial charge is 0.311 e. The van der Waals surface area contributed by atoms with Gasteiger partial charge in [-0.3, -0.25) is 4.90 Å². The molecule has 0 aromatic rings. The minimum atomic E-state index is 0.699. The van der Waals surface area contributed by atoms with E-state index < -0.39 is 0 Å². The van der Waals surface area contributed by atoms with Gasteiger partial charge in [-0.1, -0.05) is 40.5 Å². The van der Waals surface area contributed by atoms with Crippen LogP contribution in [0, 0.1) is 11.8 Å². The number of rotatable bonds is 3. The molecule has 2 fully saturated rings. The summed E-state index contributed by atoms with van der Waals surface area (Å²) in [6, 6.07) is 2.34. The van der Waals surface area contributed by atoms with Crippen molar-refractivity contribution in [1.29, 1.82) is 0 Å². The fourth-order valence-corrected chi connectivity index (χ4v) is 3.82. The van der Waals surface area contributed by atoms with Crippen molar-refractivity contribution in [1.82, 2.24) is 10.2 Å². The number of nitrogens with zero attached hydrogens (tertiary/aromatic N) is 1. The Kier molecular flexibility index (Phi) is 5.08. The molecular formula is C16H32N2. The van der Waals surface area contributed by atoms with Crippen molar-refractivity contribution in [3.05, 3.63) is 0 Å². The van der Waals surface area contributed by atoms with E-state index in [1.807, 2.05) is 0 Å². The monoisotopic (exact) mass is 252 g/mol. The zero-order chi connectivity index (χ0) is 13.1. The highest BCUT2D eigenvalue weighted by atomic mass is 15.3. The fraction of sp³-hybridized carbons (Fsp3) is 1.00. The van der Waals surface area contributed by atoms with Crippen LogP contribution in [-0.2, 0) is 0 Å². The number of nitrogens with one attached hydrogen (secondary N) is 1. The van der Waals surface area contributed by atoms with Crippen LogP contribution < -0.4 is 5.32 Å². The van der Waals surface area contributed by atoms with Crippen molar-refractivity contribution in [3.63, 3.8) is 0 Å². The summed E-state index contributed by atoms with van der Waals surface area (Å²) in [6.07, 6.45) is 7.06. The van der Waals surface area contributed by atoms with Crippen molar-refractivity contribution in [3.8, 4) is 0 Å². The molecule has 4 atom stereocenters. The van der Waals surface area contributed by atoms with Gasteiger partial charge in [0, 0.05) is 31.2 Å². The Balaban J connectivity index is 2.01. The first-order valence-corrected chi connectivity index (χ1v) is 8.11. The summed E-state index contributed by atoms with van der Waals surface area (Å²) < 4.78 is 0. The highest BCUT2D eigenvalue weighted by Crippen LogP contribution is 2.30. The van der Waals surface area contributed by atoms with Gasteiger partial charge in [0.15, 0.2) is 0 Å². The molecule has 1 heterocycles. The Morgan fingerprint density at radius 1 is 1.28 bits per heavy atom. The van der Waals surface area contributed by atoms with E-state index in [0.717, 1.165) is 23.9 Å². The summed E-state index contributed by atoms with van der Waals surface area (Å²) in [5.41, 5.74) is 0. The summed E-state index contributed by atoms with van der Waals surface area (Å²) in [7, 11) is 0. The lowest BCUT2D eigenvalue weighted by atomic mass is 9.84. The molecule has 1 aliphatic heterocycles. The van der Waals surface area contributed by atoms with Gasteiger partial charge < -0.3 is 5.32 Å². The maximum absolute atomic E-state index is 3.76. The Morgan fingerprint density at radius 3 is 2.67 bits per heavy atom. The maximum Gasteiger partial charge on any atom is 0.0221 e. The maximum atomic E-state index is 3.76. The van der Waals surface area contributed by atoms with Gasteiger partial charge in [-0.15, -0.1) is 0 Å². The average molecular weight is 252 g/mol. The molecule has 0 bridgehead atoms. The van der Waals surface area contributed by atoms with Crippen LogP contribution in [0.1, 0.15) is 59.8 Å². The standard InChI is InChI=1S/C16H32N2/c1-5-14-10-17-16(12(2)3)11-18(14)15-8-6-7-13(4)9-15/h12-17H,5-11H2,1-4H3. The van der Waals surface area contributed by atoms with E-state index in [0.29, 0.717) is 6.04 Å². The number of hydrogen-bond acceptors (Lipinski definition) is 2. The topological polar surface area (TPSA) is 15.3 Å². The van der Waals surface area contributed by atoms with Gasteiger partial charge in [-0.25, -0.2) is 0 Å². The highest BCUT2D eigenvalue weighted by Gasteiger charge is 2.34. The van der Waals surface area contributed by atoms with E-state index in [-0.39, 0.29) is 0 Å². The van der Waals surface area contributed by atoms with Crippen LogP contribution >= 0.6 is 0 Å². The molecule has 0 aromatic carbocycles. The zero-order valence-corrected chi connectivity index (χ0v) is 12.8. The summed E-state index contributed by atoms with van der Waals surface area (Å²) >= 11 is 0. The predicted octanol–water partition coefficient (Wildman–Crippen LogP) is 3.27. The molecule has 1 aliphatic carbocycles. The molecule has 0 aromatic heterocycles. The first-order valence-electron chi connectivity index (χ1n) is 8.11. The quantitative estimate of drug-likeness (QED) is 0.829. The van der Waals surface area contributed by atoms with Crippen molar-refractivity contribution in [2.24, 2.45) is 11.8 Å². The molecule has 1 N–H and O–H groups in total. The van der Waals surface area contributed by atoms with Gasteiger partial charge in [0.2, 0.25) is 0 Å². The van der Waals surface area contributed by atoms with Crippen LogP contribution in [0.15, 0.2) is 0 Å². The van der Waals surface area contributed by atoms with E-state index in [2.05, 4.69) is 37.9 Å². The summed E-state index contributed by atoms with van der Waals surface area (Å²) in [6.45, 7) is 12.0. The molecule has 2 aliphatic rings. The fourth-order valence-electron chi connectivity index (χ4n) is 3.82. The van der Waals surface area contributed by atoms with Crippen LogP contribution in [0.2, 0.25) is 0 Å². The van der Waals surface area contributed by atoms with Gasteiger partial charge in [-0.2, -0.15) is 0 Å². The molecule has 106 valence electrons. The van der Waals surface area contributed by atoms with Crippen LogP contribution in [0.5, 0.6) is 0 Å². The third-order valence-corrected chi connectivity index (χ3v) is 5.15. The van der Waals surface area contributed by atoms with E-state index in [1.165, 1.54) is 45.2 Å². The van der Waals surface area contributed by atoms with Crippen molar-refractivity contribution >= 4 is 0 Å². The van der Waals surface area contributed by atoms with Crippen molar-refractivity contribution in [2.75, 3.05) is 13.1 Å². The van der Waals surface area contributed by atoms with Gasteiger partial charge in [0.1, 0.15) is 0 Å². The summed E-state index contributed by atoms with van der Waals surface area (Å²) in [4.78, 5) is 2.86. The SMILES string of the molecule is CCC1CNC(C(C)C)CN1C1CCCC(C)C1. The average Bonchev–Trinajstić information content (AvgIpc) is 2.38. The third kappa shape index (κ3) is 3.27. The second-order valence-electron chi connectivity index (χ2n) is 6.94. The summed E-state index contributed by atoms with van der Waals surface area (Å²) in [5, 5.41) is 3.76. The van der Waals surface area contributed by atoms with Crippen molar-refractivity contribution in [2.45, 2.75) is 77.9 Å². The van der Waals surface area contributed by atoms with E-state index in [1.54, 1.807) is 0 Å². The van der Waals surface area contributed by atoms with E-state index in [9.17, 15) is 0 Å². The molecule has 1 saturated heterocycles. The molecule has 0 radical (unpaired) electrons. The molecule has 1 saturated carbocycles. The number of piperazine rings is 1. The Labute approximate surface area is 114 Å². The Morgan fingerprint density at radius 2 is 2.06 bits per heavy atom. The minimum absolute atomic E-state index is 0.699. The van der Waals surface area contributed by atoms with Gasteiger partial charge in [-0.05, 0) is 31.1 Å². The zero-order valence-electron chi connectivity index (χ0n) is 12.8. The molecule has 2 nitrogen and oxygen atoms in total. The Bertz CT molecular complexity index is 251. The van der Waals surface area contributed by atoms with Crippen molar-refractivity contribution < 1.29 is 0 Å². The second-order valence-corrected chi connectivity index (χ2v) is 6.94. The van der Waals surface area contributed by atoms with Gasteiger partial charge >= 0.3 is 0 Å². The molecule has 2 rings (SSSR count). The second kappa shape index (κ2) is 6.38. The van der Waals surface area contributed by atoms with Crippen LogP contribution in [-0.4, -0.2) is 36.1 Å². The smallest absolute Gasteiger partial charge is 0.0221 e. The van der Waals surface area contributed by atoms with Gasteiger partial charge in [0.05, 0.1) is 0 Å². The number of hydrogen-bond donors (Lipinski definition) is 1. The molecule has 4 unspecified atom stereocenters.